The molecule has 1 N–H and O–H groups in total. The molecular weight excluding hydrogens is 264 g/mol. The third kappa shape index (κ3) is 1.52. The van der Waals surface area contributed by atoms with E-state index in [9.17, 15) is 19.2 Å². The Morgan fingerprint density at radius 1 is 1.35 bits per heavy atom. The zero-order valence-electron chi connectivity index (χ0n) is 10.7. The normalized spacial score (nSPS) is 27.6. The number of pyridine rings is 1. The van der Waals surface area contributed by atoms with Crippen molar-refractivity contribution in [1.82, 2.24) is 9.88 Å². The van der Waals surface area contributed by atoms with Crippen molar-refractivity contribution in [2.24, 2.45) is 5.92 Å². The number of carbonyl (C=O) groups excluding carboxylic acids is 3. The van der Waals surface area contributed by atoms with Gasteiger partial charge in [0.2, 0.25) is 5.91 Å². The first-order chi connectivity index (χ1) is 9.48. The lowest BCUT2D eigenvalue weighted by Gasteiger charge is -2.50. The van der Waals surface area contributed by atoms with Gasteiger partial charge in [-0.25, -0.2) is 4.79 Å². The zero-order valence-corrected chi connectivity index (χ0v) is 10.7. The number of esters is 1. The number of imide groups is 1. The Hall–Kier alpha value is -2.44. The molecule has 2 amide bonds. The van der Waals surface area contributed by atoms with E-state index in [0.29, 0.717) is 12.8 Å². The molecule has 0 spiro atoms. The highest BCUT2D eigenvalue weighted by atomic mass is 16.5. The maximum atomic E-state index is 12.1. The summed E-state index contributed by atoms with van der Waals surface area (Å²) in [7, 11) is 1.24. The molecule has 2 aliphatic heterocycles. The maximum Gasteiger partial charge on any atom is 0.339 e. The molecule has 7 nitrogen and oxygen atoms in total. The Bertz CT molecular complexity index is 684. The molecule has 1 saturated carbocycles. The van der Waals surface area contributed by atoms with Crippen LogP contribution in [0.25, 0.3) is 0 Å². The lowest BCUT2D eigenvalue weighted by molar-refractivity contribution is -0.157. The molecule has 3 aliphatic rings. The Kier molecular flexibility index (Phi) is 2.53. The van der Waals surface area contributed by atoms with Gasteiger partial charge < -0.3 is 4.74 Å². The fraction of sp³-hybridized carbons (Fsp3) is 0.385. The van der Waals surface area contributed by atoms with Crippen molar-refractivity contribution in [2.45, 2.75) is 18.4 Å². The van der Waals surface area contributed by atoms with Crippen LogP contribution in [0.1, 0.15) is 23.2 Å². The molecule has 0 aromatic carbocycles. The van der Waals surface area contributed by atoms with Crippen LogP contribution in [0, 0.1) is 5.92 Å². The monoisotopic (exact) mass is 276 g/mol. The number of nitrogens with zero attached hydrogens (tertiary/aromatic N) is 1. The summed E-state index contributed by atoms with van der Waals surface area (Å²) in [5, 5.41) is 2.25. The standard InChI is InChI=1S/C13H12N2O5/c1-20-11(18)7-2-3-9(16)15(6-7)13-4-8(5-13)10(17)14-12(13)19/h2-3,6,8H,4-5H2,1H3,(H,14,17,19). The van der Waals surface area contributed by atoms with Crippen molar-refractivity contribution in [3.05, 3.63) is 34.2 Å². The fourth-order valence-electron chi connectivity index (χ4n) is 2.82. The topological polar surface area (TPSA) is 94.5 Å². The molecule has 104 valence electrons. The van der Waals surface area contributed by atoms with E-state index in [0.717, 1.165) is 0 Å². The number of methoxy groups -OCH3 is 1. The van der Waals surface area contributed by atoms with E-state index in [4.69, 9.17) is 0 Å². The van der Waals surface area contributed by atoms with Crippen LogP contribution in [0.4, 0.5) is 0 Å². The average Bonchev–Trinajstić information content (AvgIpc) is 2.37. The van der Waals surface area contributed by atoms with Gasteiger partial charge in [0.15, 0.2) is 0 Å². The first-order valence-electron chi connectivity index (χ1n) is 6.15. The van der Waals surface area contributed by atoms with E-state index in [2.05, 4.69) is 10.1 Å². The summed E-state index contributed by atoms with van der Waals surface area (Å²) in [6, 6.07) is 2.57. The van der Waals surface area contributed by atoms with E-state index in [1.807, 2.05) is 0 Å². The Morgan fingerprint density at radius 2 is 2.05 bits per heavy atom. The van der Waals surface area contributed by atoms with Crippen molar-refractivity contribution in [1.29, 1.82) is 0 Å². The summed E-state index contributed by atoms with van der Waals surface area (Å²) in [6.45, 7) is 0. The van der Waals surface area contributed by atoms with Gasteiger partial charge in [0, 0.05) is 18.2 Å². The number of hydrogen-bond donors (Lipinski definition) is 1. The highest BCUT2D eigenvalue weighted by molar-refractivity contribution is 6.06. The molecule has 2 saturated heterocycles. The van der Waals surface area contributed by atoms with Gasteiger partial charge in [0.1, 0.15) is 5.54 Å². The summed E-state index contributed by atoms with van der Waals surface area (Å²) >= 11 is 0. The Morgan fingerprint density at radius 3 is 2.65 bits per heavy atom. The number of ether oxygens (including phenoxy) is 1. The lowest BCUT2D eigenvalue weighted by atomic mass is 9.64. The molecule has 3 fully saturated rings. The molecule has 7 heteroatoms. The van der Waals surface area contributed by atoms with Crippen LogP contribution in [0.2, 0.25) is 0 Å². The van der Waals surface area contributed by atoms with Crippen LogP contribution in [0.5, 0.6) is 0 Å². The highest BCUT2D eigenvalue weighted by Gasteiger charge is 2.59. The van der Waals surface area contributed by atoms with E-state index in [1.165, 1.54) is 30.0 Å². The first-order valence-corrected chi connectivity index (χ1v) is 6.15. The van der Waals surface area contributed by atoms with Crippen LogP contribution in [-0.4, -0.2) is 29.5 Å². The van der Waals surface area contributed by atoms with Crippen LogP contribution < -0.4 is 10.9 Å². The van der Waals surface area contributed by atoms with Gasteiger partial charge in [0.05, 0.1) is 12.7 Å². The summed E-state index contributed by atoms with van der Waals surface area (Å²) in [6.07, 6.45) is 1.91. The van der Waals surface area contributed by atoms with Gasteiger partial charge in [-0.2, -0.15) is 0 Å². The predicted octanol–water partition coefficient (Wildman–Crippen LogP) is -0.603. The molecule has 1 aliphatic carbocycles. The van der Waals surface area contributed by atoms with Crippen LogP contribution in [0.3, 0.4) is 0 Å². The van der Waals surface area contributed by atoms with Crippen LogP contribution in [0.15, 0.2) is 23.1 Å². The number of rotatable bonds is 2. The second kappa shape index (κ2) is 4.03. The lowest BCUT2D eigenvalue weighted by Crippen LogP contribution is -2.68. The minimum atomic E-state index is -1.06. The van der Waals surface area contributed by atoms with E-state index >= 15 is 0 Å². The first kappa shape index (κ1) is 12.6. The van der Waals surface area contributed by atoms with E-state index in [-0.39, 0.29) is 22.9 Å². The number of piperidine rings is 2. The second-order valence-electron chi connectivity index (χ2n) is 5.07. The third-order valence-electron chi connectivity index (χ3n) is 3.99. The van der Waals surface area contributed by atoms with Gasteiger partial charge in [-0.3, -0.25) is 24.3 Å². The largest absolute Gasteiger partial charge is 0.465 e. The molecule has 4 rings (SSSR count). The van der Waals surface area contributed by atoms with Crippen LogP contribution >= 0.6 is 0 Å². The van der Waals surface area contributed by atoms with Gasteiger partial charge in [0.25, 0.3) is 11.5 Å². The highest BCUT2D eigenvalue weighted by Crippen LogP contribution is 2.46. The van der Waals surface area contributed by atoms with Gasteiger partial charge in [-0.05, 0) is 18.9 Å². The molecular formula is C13H12N2O5. The number of fused-ring (bicyclic) bond motifs is 2. The number of hydrogen-bond acceptors (Lipinski definition) is 5. The van der Waals surface area contributed by atoms with Gasteiger partial charge >= 0.3 is 5.97 Å². The molecule has 0 unspecified atom stereocenters. The minimum absolute atomic E-state index is 0.189. The number of nitrogens with one attached hydrogen (secondary N) is 1. The Balaban J connectivity index is 2.07. The summed E-state index contributed by atoms with van der Waals surface area (Å²) in [5.41, 5.74) is -1.25. The van der Waals surface area contributed by atoms with Crippen molar-refractivity contribution in [3.8, 4) is 0 Å². The van der Waals surface area contributed by atoms with Crippen molar-refractivity contribution >= 4 is 17.8 Å². The average molecular weight is 276 g/mol. The molecule has 0 atom stereocenters. The van der Waals surface area contributed by atoms with E-state index in [1.54, 1.807) is 0 Å². The summed E-state index contributed by atoms with van der Waals surface area (Å²) < 4.78 is 5.83. The fourth-order valence-corrected chi connectivity index (χ4v) is 2.82. The SMILES string of the molecule is COC(=O)c1ccc(=O)n(C23CC(C2)C(=O)NC3=O)c1. The third-order valence-corrected chi connectivity index (χ3v) is 3.99. The number of carbonyl (C=O) groups is 3. The second-order valence-corrected chi connectivity index (χ2v) is 5.07. The minimum Gasteiger partial charge on any atom is -0.465 e. The van der Waals surface area contributed by atoms with Crippen molar-refractivity contribution in [3.63, 3.8) is 0 Å². The predicted molar refractivity (Wildman–Crippen MR) is 65.9 cm³/mol. The van der Waals surface area contributed by atoms with Crippen LogP contribution in [-0.2, 0) is 19.9 Å². The van der Waals surface area contributed by atoms with Gasteiger partial charge in [-0.1, -0.05) is 0 Å². The van der Waals surface area contributed by atoms with Crippen molar-refractivity contribution in [2.75, 3.05) is 7.11 Å². The Labute approximate surface area is 113 Å². The number of amides is 2. The smallest absolute Gasteiger partial charge is 0.339 e. The molecule has 1 aromatic heterocycles. The maximum absolute atomic E-state index is 12.1. The van der Waals surface area contributed by atoms with Gasteiger partial charge in [-0.15, -0.1) is 0 Å². The summed E-state index contributed by atoms with van der Waals surface area (Å²) in [4.78, 5) is 47.0. The molecule has 2 bridgehead atoms. The number of aromatic nitrogens is 1. The quantitative estimate of drug-likeness (QED) is 0.575. The molecule has 0 radical (unpaired) electrons. The zero-order chi connectivity index (χ0) is 14.5. The van der Waals surface area contributed by atoms with E-state index < -0.39 is 17.4 Å². The molecule has 20 heavy (non-hydrogen) atoms. The summed E-state index contributed by atoms with van der Waals surface area (Å²) in [5.74, 6) is -1.62. The van der Waals surface area contributed by atoms with Crippen molar-refractivity contribution < 1.29 is 19.1 Å². The molecule has 1 aromatic rings. The molecule has 3 heterocycles.